The topological polar surface area (TPSA) is 110 Å². The third-order valence-electron chi connectivity index (χ3n) is 2.21. The molecule has 106 valence electrons. The fourth-order valence-corrected chi connectivity index (χ4v) is 2.12. The van der Waals surface area contributed by atoms with E-state index in [0.29, 0.717) is 5.13 Å². The van der Waals surface area contributed by atoms with Crippen LogP contribution in [0.3, 0.4) is 0 Å². The zero-order valence-electron chi connectivity index (χ0n) is 11.3. The van der Waals surface area contributed by atoms with E-state index in [1.165, 1.54) is 11.3 Å². The van der Waals surface area contributed by atoms with Crippen molar-refractivity contribution in [1.29, 1.82) is 0 Å². The van der Waals surface area contributed by atoms with E-state index in [1.807, 2.05) is 6.92 Å². The van der Waals surface area contributed by atoms with Crippen molar-refractivity contribution in [3.05, 3.63) is 5.01 Å². The smallest absolute Gasteiger partial charge is 0.282 e. The predicted octanol–water partition coefficient (Wildman–Crippen LogP) is 0.744. The minimum atomic E-state index is -0.703. The summed E-state index contributed by atoms with van der Waals surface area (Å²) in [6, 6.07) is 0. The number of carbonyl (C=O) groups is 2. The first-order valence-electron chi connectivity index (χ1n) is 6.02. The first-order chi connectivity index (χ1) is 8.84. The molecule has 0 aliphatic carbocycles. The van der Waals surface area contributed by atoms with E-state index < -0.39 is 11.4 Å². The molecule has 0 radical (unpaired) electrons. The number of rotatable bonds is 7. The van der Waals surface area contributed by atoms with Crippen LogP contribution in [-0.4, -0.2) is 34.1 Å². The average Bonchev–Trinajstić information content (AvgIpc) is 2.72. The average molecular weight is 285 g/mol. The number of anilines is 1. The highest BCUT2D eigenvalue weighted by Crippen LogP contribution is 2.16. The van der Waals surface area contributed by atoms with Gasteiger partial charge in [0.05, 0.1) is 0 Å². The van der Waals surface area contributed by atoms with E-state index in [-0.39, 0.29) is 17.3 Å². The zero-order valence-corrected chi connectivity index (χ0v) is 12.1. The summed E-state index contributed by atoms with van der Waals surface area (Å²) < 4.78 is 0. The lowest BCUT2D eigenvalue weighted by Crippen LogP contribution is -2.46. The number of nitrogens with two attached hydrogens (primary N) is 1. The third-order valence-corrected chi connectivity index (χ3v) is 3.09. The molecule has 0 aliphatic rings. The molecule has 1 rings (SSSR count). The van der Waals surface area contributed by atoms with Crippen molar-refractivity contribution < 1.29 is 9.59 Å². The normalized spacial score (nSPS) is 11.1. The Balaban J connectivity index is 2.62. The lowest BCUT2D eigenvalue weighted by Gasteiger charge is -2.23. The zero-order chi connectivity index (χ0) is 14.5. The Labute approximate surface area is 116 Å². The Kier molecular flexibility index (Phi) is 5.22. The van der Waals surface area contributed by atoms with Crippen molar-refractivity contribution in [1.82, 2.24) is 15.5 Å². The molecule has 0 aliphatic heterocycles. The molecule has 1 aromatic heterocycles. The van der Waals surface area contributed by atoms with Gasteiger partial charge in [0.25, 0.3) is 5.91 Å². The molecule has 0 saturated carbocycles. The van der Waals surface area contributed by atoms with E-state index in [0.717, 1.165) is 13.0 Å². The van der Waals surface area contributed by atoms with Crippen LogP contribution in [0.15, 0.2) is 0 Å². The number of aromatic nitrogens is 2. The highest BCUT2D eigenvalue weighted by atomic mass is 32.1. The van der Waals surface area contributed by atoms with Crippen molar-refractivity contribution in [3.8, 4) is 0 Å². The number of carbonyl (C=O) groups excluding carboxylic acids is 2. The summed E-state index contributed by atoms with van der Waals surface area (Å²) in [5.41, 5.74) is 4.42. The molecular formula is C11H19N5O2S. The number of hydrogen-bond donors (Lipinski definition) is 3. The fraction of sp³-hybridized carbons (Fsp3) is 0.636. The van der Waals surface area contributed by atoms with Gasteiger partial charge in [0.2, 0.25) is 16.0 Å². The molecule has 0 fully saturated rings. The minimum absolute atomic E-state index is 0.0679. The first-order valence-corrected chi connectivity index (χ1v) is 6.84. The summed E-state index contributed by atoms with van der Waals surface area (Å²) >= 11 is 1.18. The van der Waals surface area contributed by atoms with Gasteiger partial charge in [-0.1, -0.05) is 18.3 Å². The SMILES string of the molecule is CCCNc1nnc(C(=O)NC(C)(C)CC(N)=O)s1. The second-order valence-corrected chi connectivity index (χ2v) is 5.80. The monoisotopic (exact) mass is 285 g/mol. The van der Waals surface area contributed by atoms with Crippen LogP contribution in [-0.2, 0) is 4.79 Å². The van der Waals surface area contributed by atoms with Crippen LogP contribution in [0.1, 0.15) is 43.4 Å². The fourth-order valence-electron chi connectivity index (χ4n) is 1.46. The number of hydrogen-bond acceptors (Lipinski definition) is 6. The van der Waals surface area contributed by atoms with Gasteiger partial charge in [-0.2, -0.15) is 0 Å². The van der Waals surface area contributed by atoms with Crippen LogP contribution in [0.25, 0.3) is 0 Å². The summed E-state index contributed by atoms with van der Waals surface area (Å²) in [5, 5.41) is 14.3. The predicted molar refractivity (Wildman–Crippen MR) is 74.0 cm³/mol. The van der Waals surface area contributed by atoms with Gasteiger partial charge in [-0.15, -0.1) is 10.2 Å². The summed E-state index contributed by atoms with van der Waals surface area (Å²) in [4.78, 5) is 22.8. The maximum absolute atomic E-state index is 11.9. The molecule has 1 aromatic rings. The molecule has 0 aromatic carbocycles. The summed E-state index contributed by atoms with van der Waals surface area (Å²) in [5.74, 6) is -0.818. The van der Waals surface area contributed by atoms with Gasteiger partial charge in [-0.25, -0.2) is 0 Å². The first kappa shape index (κ1) is 15.4. The van der Waals surface area contributed by atoms with Gasteiger partial charge in [0.1, 0.15) is 0 Å². The molecule has 1 heterocycles. The van der Waals surface area contributed by atoms with E-state index in [2.05, 4.69) is 20.8 Å². The van der Waals surface area contributed by atoms with Gasteiger partial charge in [0.15, 0.2) is 0 Å². The molecule has 0 saturated heterocycles. The Bertz CT molecular complexity index is 458. The van der Waals surface area contributed by atoms with Crippen molar-refractivity contribution in [3.63, 3.8) is 0 Å². The number of primary amides is 1. The molecule has 0 bridgehead atoms. The largest absolute Gasteiger partial charge is 0.370 e. The van der Waals surface area contributed by atoms with Gasteiger partial charge in [-0.05, 0) is 20.3 Å². The molecule has 8 heteroatoms. The van der Waals surface area contributed by atoms with Crippen LogP contribution >= 0.6 is 11.3 Å². The van der Waals surface area contributed by atoms with E-state index in [9.17, 15) is 9.59 Å². The van der Waals surface area contributed by atoms with Crippen LogP contribution in [0.2, 0.25) is 0 Å². The molecule has 0 unspecified atom stereocenters. The van der Waals surface area contributed by atoms with E-state index in [1.54, 1.807) is 13.8 Å². The van der Waals surface area contributed by atoms with Crippen molar-refractivity contribution in [2.45, 2.75) is 39.2 Å². The number of nitrogens with zero attached hydrogens (tertiary/aromatic N) is 2. The third kappa shape index (κ3) is 5.21. The minimum Gasteiger partial charge on any atom is -0.370 e. The molecule has 2 amide bonds. The highest BCUT2D eigenvalue weighted by molar-refractivity contribution is 7.17. The Morgan fingerprint density at radius 1 is 1.37 bits per heavy atom. The molecule has 0 spiro atoms. The lowest BCUT2D eigenvalue weighted by molar-refractivity contribution is -0.119. The van der Waals surface area contributed by atoms with E-state index >= 15 is 0 Å². The van der Waals surface area contributed by atoms with Crippen LogP contribution in [0.4, 0.5) is 5.13 Å². The van der Waals surface area contributed by atoms with Gasteiger partial charge in [-0.3, -0.25) is 9.59 Å². The van der Waals surface area contributed by atoms with Crippen LogP contribution in [0.5, 0.6) is 0 Å². The molecular weight excluding hydrogens is 266 g/mol. The maximum atomic E-state index is 11.9. The van der Waals surface area contributed by atoms with Crippen molar-refractivity contribution >= 4 is 28.3 Å². The molecule has 0 atom stereocenters. The van der Waals surface area contributed by atoms with Gasteiger partial charge >= 0.3 is 0 Å². The highest BCUT2D eigenvalue weighted by Gasteiger charge is 2.25. The lowest BCUT2D eigenvalue weighted by atomic mass is 10.0. The Hall–Kier alpha value is -1.70. The maximum Gasteiger partial charge on any atom is 0.282 e. The van der Waals surface area contributed by atoms with Gasteiger partial charge in [0, 0.05) is 18.5 Å². The van der Waals surface area contributed by atoms with Gasteiger partial charge < -0.3 is 16.4 Å². The van der Waals surface area contributed by atoms with E-state index in [4.69, 9.17) is 5.73 Å². The van der Waals surface area contributed by atoms with Crippen LogP contribution in [0, 0.1) is 0 Å². The Morgan fingerprint density at radius 2 is 2.05 bits per heavy atom. The van der Waals surface area contributed by atoms with Crippen molar-refractivity contribution in [2.24, 2.45) is 5.73 Å². The molecule has 7 nitrogen and oxygen atoms in total. The Morgan fingerprint density at radius 3 is 2.63 bits per heavy atom. The summed E-state index contributed by atoms with van der Waals surface area (Å²) in [7, 11) is 0. The van der Waals surface area contributed by atoms with Crippen molar-refractivity contribution in [2.75, 3.05) is 11.9 Å². The summed E-state index contributed by atoms with van der Waals surface area (Å²) in [6.45, 7) is 6.28. The molecule has 4 N–H and O–H groups in total. The standard InChI is InChI=1S/C11H19N5O2S/c1-4-5-13-10-16-15-9(19-10)8(18)14-11(2,3)6-7(12)17/h4-6H2,1-3H3,(H2,12,17)(H,13,16)(H,14,18). The number of amides is 2. The number of nitrogens with one attached hydrogen (secondary N) is 2. The second-order valence-electron chi connectivity index (χ2n) is 4.82. The quantitative estimate of drug-likeness (QED) is 0.684. The molecule has 19 heavy (non-hydrogen) atoms. The summed E-state index contributed by atoms with van der Waals surface area (Å²) in [6.07, 6.45) is 1.03. The van der Waals surface area contributed by atoms with Crippen LogP contribution < -0.4 is 16.4 Å². The second kappa shape index (κ2) is 6.46.